The van der Waals surface area contributed by atoms with Crippen LogP contribution in [0.4, 0.5) is 0 Å². The molecule has 9 aromatic rings. The third kappa shape index (κ3) is 5.55. The van der Waals surface area contributed by atoms with E-state index in [4.69, 9.17) is 29.3 Å². The van der Waals surface area contributed by atoms with E-state index in [0.717, 1.165) is 61.4 Å². The minimum atomic E-state index is -0.0984. The zero-order valence-electron chi connectivity index (χ0n) is 30.0. The van der Waals surface area contributed by atoms with E-state index in [9.17, 15) is 0 Å². The van der Waals surface area contributed by atoms with E-state index in [2.05, 4.69) is 91.0 Å². The molecule has 264 valence electrons. The SMILES string of the molecule is C1=CC(c2nc(-c3ccc(-c4ccccc4)cc3)c3oc4ccccc4c3n2)C2Sc3cccc(-c4nc(-c5ccccc5)nc(-c5ccccc5)n4)c3C2=C1. The molecule has 56 heavy (non-hydrogen) atoms. The number of fused-ring (bicyclic) bond motifs is 6. The zero-order chi connectivity index (χ0) is 37.0. The highest BCUT2D eigenvalue weighted by Crippen LogP contribution is 2.54. The van der Waals surface area contributed by atoms with Crippen molar-refractivity contribution in [2.24, 2.45) is 0 Å². The van der Waals surface area contributed by atoms with E-state index in [1.165, 1.54) is 16.0 Å². The predicted molar refractivity (Wildman–Crippen MR) is 226 cm³/mol. The van der Waals surface area contributed by atoms with Crippen molar-refractivity contribution in [2.45, 2.75) is 16.1 Å². The monoisotopic (exact) mass is 737 g/mol. The number of hydrogen-bond acceptors (Lipinski definition) is 7. The van der Waals surface area contributed by atoms with Crippen molar-refractivity contribution in [3.05, 3.63) is 187 Å². The lowest BCUT2D eigenvalue weighted by Gasteiger charge is -2.23. The fourth-order valence-electron chi connectivity index (χ4n) is 7.84. The van der Waals surface area contributed by atoms with Crippen LogP contribution in [-0.4, -0.2) is 30.2 Å². The van der Waals surface area contributed by atoms with Crippen molar-refractivity contribution < 1.29 is 4.42 Å². The molecule has 11 rings (SSSR count). The standard InChI is InChI=1S/C49H31N5OS/c1-4-14-30(15-5-1)31-26-28-32(29-27-31)42-44-43(35-20-10-11-24-39(35)55-44)51-49(50-42)38-23-12-21-36-41-37(22-13-25-40(41)56-45(36)38)48-53-46(33-16-6-2-7-17-33)52-47(54-48)34-18-8-3-9-19-34/h1-29,38,45H. The van der Waals surface area contributed by atoms with Crippen LogP contribution < -0.4 is 0 Å². The third-order valence-corrected chi connectivity index (χ3v) is 11.9. The summed E-state index contributed by atoms with van der Waals surface area (Å²) in [6.07, 6.45) is 6.62. The first kappa shape index (κ1) is 32.5. The average molecular weight is 738 g/mol. The predicted octanol–water partition coefficient (Wildman–Crippen LogP) is 12.1. The number of allylic oxidation sites excluding steroid dienone is 3. The number of para-hydroxylation sites is 1. The topological polar surface area (TPSA) is 77.6 Å². The maximum absolute atomic E-state index is 6.50. The second-order valence-corrected chi connectivity index (χ2v) is 15.1. The van der Waals surface area contributed by atoms with Crippen LogP contribution in [0.15, 0.2) is 185 Å². The summed E-state index contributed by atoms with van der Waals surface area (Å²) in [6, 6.07) is 53.8. The zero-order valence-corrected chi connectivity index (χ0v) is 30.8. The van der Waals surface area contributed by atoms with Gasteiger partial charge in [0.05, 0.1) is 5.92 Å². The molecule has 0 fully saturated rings. The normalized spacial score (nSPS) is 15.8. The molecule has 6 aromatic carbocycles. The van der Waals surface area contributed by atoms with Gasteiger partial charge in [-0.1, -0.05) is 158 Å². The van der Waals surface area contributed by atoms with Crippen LogP contribution >= 0.6 is 11.8 Å². The lowest BCUT2D eigenvalue weighted by atomic mass is 9.87. The Kier molecular flexibility index (Phi) is 7.77. The molecule has 0 bridgehead atoms. The van der Waals surface area contributed by atoms with Crippen molar-refractivity contribution >= 4 is 39.4 Å². The molecule has 0 saturated heterocycles. The molecule has 3 aromatic heterocycles. The Hall–Kier alpha value is -6.96. The van der Waals surface area contributed by atoms with Gasteiger partial charge in [0, 0.05) is 43.3 Å². The Morgan fingerprint density at radius 3 is 1.82 bits per heavy atom. The highest BCUT2D eigenvalue weighted by atomic mass is 32.2. The summed E-state index contributed by atoms with van der Waals surface area (Å²) in [5.41, 5.74) is 11.6. The summed E-state index contributed by atoms with van der Waals surface area (Å²) in [6.45, 7) is 0. The van der Waals surface area contributed by atoms with Crippen molar-refractivity contribution in [1.29, 1.82) is 0 Å². The molecule has 0 N–H and O–H groups in total. The van der Waals surface area contributed by atoms with Gasteiger partial charge in [0.1, 0.15) is 22.6 Å². The van der Waals surface area contributed by atoms with Gasteiger partial charge in [-0.15, -0.1) is 11.8 Å². The smallest absolute Gasteiger partial charge is 0.180 e. The summed E-state index contributed by atoms with van der Waals surface area (Å²) in [4.78, 5) is 27.0. The van der Waals surface area contributed by atoms with Gasteiger partial charge >= 0.3 is 0 Å². The minimum Gasteiger partial charge on any atom is -0.452 e. The molecule has 6 nitrogen and oxygen atoms in total. The Labute approximate surface area is 327 Å². The van der Waals surface area contributed by atoms with Crippen LogP contribution in [0.25, 0.3) is 84.2 Å². The molecule has 4 heterocycles. The van der Waals surface area contributed by atoms with Gasteiger partial charge < -0.3 is 4.42 Å². The van der Waals surface area contributed by atoms with Crippen molar-refractivity contribution in [3.63, 3.8) is 0 Å². The number of furan rings is 1. The van der Waals surface area contributed by atoms with E-state index in [1.807, 2.05) is 96.7 Å². The highest BCUT2D eigenvalue weighted by Gasteiger charge is 2.39. The summed E-state index contributed by atoms with van der Waals surface area (Å²) in [5, 5.41) is 1.02. The molecule has 1 aliphatic carbocycles. The molecule has 2 atom stereocenters. The van der Waals surface area contributed by atoms with Crippen LogP contribution in [-0.2, 0) is 0 Å². The molecular weight excluding hydrogens is 707 g/mol. The average Bonchev–Trinajstić information content (AvgIpc) is 3.86. The fourth-order valence-corrected chi connectivity index (χ4v) is 9.29. The first-order valence-corrected chi connectivity index (χ1v) is 19.5. The van der Waals surface area contributed by atoms with Crippen molar-refractivity contribution in [3.8, 4) is 56.5 Å². The minimum absolute atomic E-state index is 0.0455. The van der Waals surface area contributed by atoms with E-state index < -0.39 is 0 Å². The maximum atomic E-state index is 6.50. The van der Waals surface area contributed by atoms with E-state index in [0.29, 0.717) is 23.1 Å². The number of hydrogen-bond donors (Lipinski definition) is 0. The number of nitrogens with zero attached hydrogens (tertiary/aromatic N) is 5. The highest BCUT2D eigenvalue weighted by molar-refractivity contribution is 8.01. The molecule has 0 saturated carbocycles. The lowest BCUT2D eigenvalue weighted by molar-refractivity contribution is 0.664. The first-order chi connectivity index (χ1) is 27.7. The quantitative estimate of drug-likeness (QED) is 0.168. The number of rotatable bonds is 6. The van der Waals surface area contributed by atoms with Gasteiger partial charge in [-0.3, -0.25) is 0 Å². The van der Waals surface area contributed by atoms with E-state index in [1.54, 1.807) is 0 Å². The molecule has 2 aliphatic rings. The van der Waals surface area contributed by atoms with Crippen LogP contribution in [0.2, 0.25) is 0 Å². The van der Waals surface area contributed by atoms with Crippen LogP contribution in [0.5, 0.6) is 0 Å². The third-order valence-electron chi connectivity index (χ3n) is 10.5. The first-order valence-electron chi connectivity index (χ1n) is 18.7. The Balaban J connectivity index is 1.02. The van der Waals surface area contributed by atoms with Gasteiger partial charge in [0.2, 0.25) is 0 Å². The summed E-state index contributed by atoms with van der Waals surface area (Å²) in [5.74, 6) is 2.59. The van der Waals surface area contributed by atoms with Gasteiger partial charge in [-0.05, 0) is 34.9 Å². The summed E-state index contributed by atoms with van der Waals surface area (Å²) < 4.78 is 6.50. The molecule has 0 amide bonds. The fraction of sp³-hybridized carbons (Fsp3) is 0.0408. The molecule has 2 unspecified atom stereocenters. The maximum Gasteiger partial charge on any atom is 0.180 e. The van der Waals surface area contributed by atoms with Gasteiger partial charge in [0.15, 0.2) is 23.1 Å². The van der Waals surface area contributed by atoms with Gasteiger partial charge in [0.25, 0.3) is 0 Å². The number of benzene rings is 6. The van der Waals surface area contributed by atoms with Crippen LogP contribution in [0.3, 0.4) is 0 Å². The Morgan fingerprint density at radius 2 is 1.11 bits per heavy atom. The van der Waals surface area contributed by atoms with Crippen LogP contribution in [0.1, 0.15) is 17.3 Å². The van der Waals surface area contributed by atoms with Gasteiger partial charge in [-0.25, -0.2) is 24.9 Å². The molecule has 1 aliphatic heterocycles. The summed E-state index contributed by atoms with van der Waals surface area (Å²) >= 11 is 1.85. The molecule has 0 spiro atoms. The molecular formula is C49H31N5OS. The Bertz CT molecular complexity index is 2940. The summed E-state index contributed by atoms with van der Waals surface area (Å²) in [7, 11) is 0. The van der Waals surface area contributed by atoms with E-state index >= 15 is 0 Å². The second kappa shape index (κ2) is 13.4. The second-order valence-electron chi connectivity index (χ2n) is 13.9. The number of thioether (sulfide) groups is 1. The number of aromatic nitrogens is 5. The molecule has 7 heteroatoms. The Morgan fingerprint density at radius 1 is 0.500 bits per heavy atom. The van der Waals surface area contributed by atoms with Gasteiger partial charge in [-0.2, -0.15) is 0 Å². The van der Waals surface area contributed by atoms with E-state index in [-0.39, 0.29) is 11.2 Å². The van der Waals surface area contributed by atoms with Crippen molar-refractivity contribution in [1.82, 2.24) is 24.9 Å². The van der Waals surface area contributed by atoms with Crippen LogP contribution in [0, 0.1) is 0 Å². The largest absolute Gasteiger partial charge is 0.452 e. The lowest BCUT2D eigenvalue weighted by Crippen LogP contribution is -2.18. The van der Waals surface area contributed by atoms with Crippen molar-refractivity contribution in [2.75, 3.05) is 0 Å². The molecule has 0 radical (unpaired) electrons.